The van der Waals surface area contributed by atoms with Crippen molar-refractivity contribution in [1.82, 2.24) is 4.90 Å². The Labute approximate surface area is 225 Å². The summed E-state index contributed by atoms with van der Waals surface area (Å²) in [6.45, 7) is 8.88. The van der Waals surface area contributed by atoms with Gasteiger partial charge in [-0.1, -0.05) is 84.9 Å². The summed E-state index contributed by atoms with van der Waals surface area (Å²) in [5, 5.41) is 0. The lowest BCUT2D eigenvalue weighted by atomic mass is 9.91. The predicted molar refractivity (Wildman–Crippen MR) is 152 cm³/mol. The highest BCUT2D eigenvalue weighted by molar-refractivity contribution is 5.73. The third-order valence-electron chi connectivity index (χ3n) is 7.18. The molecule has 4 rings (SSSR count). The number of carbonyl (C=O) groups is 1. The Morgan fingerprint density at radius 2 is 1.50 bits per heavy atom. The zero-order valence-electron chi connectivity index (χ0n) is 22.7. The Morgan fingerprint density at radius 1 is 0.868 bits per heavy atom. The van der Waals surface area contributed by atoms with Gasteiger partial charge in [-0.25, -0.2) is 4.39 Å². The normalized spacial score (nSPS) is 12.8. The molecule has 38 heavy (non-hydrogen) atoms. The van der Waals surface area contributed by atoms with E-state index in [0.29, 0.717) is 12.1 Å². The van der Waals surface area contributed by atoms with Crippen LogP contribution in [0.4, 0.5) is 4.39 Å². The van der Waals surface area contributed by atoms with Gasteiger partial charge in [0.2, 0.25) is 0 Å². The number of aryl methyl sites for hydroxylation is 2. The van der Waals surface area contributed by atoms with Gasteiger partial charge in [0.15, 0.2) is 0 Å². The molecule has 0 aromatic heterocycles. The van der Waals surface area contributed by atoms with E-state index in [1.54, 1.807) is 6.92 Å². The first-order chi connectivity index (χ1) is 18.4. The molecular weight excluding hydrogens is 473 g/mol. The van der Waals surface area contributed by atoms with Crippen molar-refractivity contribution in [2.24, 2.45) is 0 Å². The second-order valence-corrected chi connectivity index (χ2v) is 9.77. The van der Waals surface area contributed by atoms with Gasteiger partial charge in [0.25, 0.3) is 0 Å². The number of nitrogens with zero attached hydrogens (tertiary/aromatic N) is 1. The minimum atomic E-state index is -0.534. The Hall–Kier alpha value is -3.76. The van der Waals surface area contributed by atoms with Crippen molar-refractivity contribution in [3.63, 3.8) is 0 Å². The van der Waals surface area contributed by atoms with E-state index in [1.807, 2.05) is 54.6 Å². The van der Waals surface area contributed by atoms with Crippen LogP contribution in [0.25, 0.3) is 11.1 Å². The van der Waals surface area contributed by atoms with E-state index in [1.165, 1.54) is 6.07 Å². The van der Waals surface area contributed by atoms with E-state index >= 15 is 4.39 Å². The number of carbonyl (C=O) groups excluding carboxylic acids is 1. The molecule has 196 valence electrons. The second kappa shape index (κ2) is 12.7. The molecule has 4 heteroatoms. The first-order valence-corrected chi connectivity index (χ1v) is 13.2. The molecule has 0 aliphatic heterocycles. The minimum absolute atomic E-state index is 0.0466. The highest BCUT2D eigenvalue weighted by Gasteiger charge is 2.31. The van der Waals surface area contributed by atoms with E-state index in [9.17, 15) is 4.79 Å². The number of hydrogen-bond donors (Lipinski definition) is 0. The fraction of sp³-hybridized carbons (Fsp3) is 0.265. The third-order valence-corrected chi connectivity index (χ3v) is 7.18. The fourth-order valence-electron chi connectivity index (χ4n) is 5.24. The smallest absolute Gasteiger partial charge is 0.307 e. The molecule has 0 N–H and O–H groups in total. The van der Waals surface area contributed by atoms with Gasteiger partial charge < -0.3 is 4.74 Å². The van der Waals surface area contributed by atoms with Crippen molar-refractivity contribution in [1.29, 1.82) is 0 Å². The van der Waals surface area contributed by atoms with Crippen LogP contribution in [-0.4, -0.2) is 17.5 Å². The van der Waals surface area contributed by atoms with Crippen LogP contribution in [0.1, 0.15) is 60.2 Å². The zero-order valence-corrected chi connectivity index (χ0v) is 22.7. The lowest BCUT2D eigenvalue weighted by molar-refractivity contribution is -0.145. The number of ether oxygens (including phenoxy) is 1. The summed E-state index contributed by atoms with van der Waals surface area (Å²) in [5.41, 5.74) is 6.98. The van der Waals surface area contributed by atoms with Crippen molar-refractivity contribution in [3.05, 3.63) is 131 Å². The van der Waals surface area contributed by atoms with Crippen molar-refractivity contribution in [2.45, 2.75) is 52.7 Å². The quantitative estimate of drug-likeness (QED) is 0.201. The van der Waals surface area contributed by atoms with Gasteiger partial charge >= 0.3 is 5.97 Å². The van der Waals surface area contributed by atoms with Gasteiger partial charge in [0, 0.05) is 24.2 Å². The molecule has 0 radical (unpaired) electrons. The number of halogens is 1. The van der Waals surface area contributed by atoms with Crippen molar-refractivity contribution in [3.8, 4) is 11.1 Å². The topological polar surface area (TPSA) is 29.5 Å². The van der Waals surface area contributed by atoms with Crippen LogP contribution in [-0.2, 0) is 16.1 Å². The summed E-state index contributed by atoms with van der Waals surface area (Å²) >= 11 is 0. The predicted octanol–water partition coefficient (Wildman–Crippen LogP) is 8.37. The molecule has 0 heterocycles. The highest BCUT2D eigenvalue weighted by atomic mass is 19.1. The van der Waals surface area contributed by atoms with E-state index in [0.717, 1.165) is 33.4 Å². The molecule has 0 unspecified atom stereocenters. The highest BCUT2D eigenvalue weighted by Crippen LogP contribution is 2.38. The Bertz CT molecular complexity index is 1330. The van der Waals surface area contributed by atoms with Crippen LogP contribution >= 0.6 is 0 Å². The molecule has 0 amide bonds. The lowest BCUT2D eigenvalue weighted by Gasteiger charge is -2.37. The minimum Gasteiger partial charge on any atom is -0.466 e. The second-order valence-electron chi connectivity index (χ2n) is 9.77. The van der Waals surface area contributed by atoms with Crippen LogP contribution in [0.5, 0.6) is 0 Å². The van der Waals surface area contributed by atoms with Crippen LogP contribution in [0.3, 0.4) is 0 Å². The maximum absolute atomic E-state index is 15.8. The lowest BCUT2D eigenvalue weighted by Crippen LogP contribution is -2.33. The first kappa shape index (κ1) is 27.3. The molecule has 4 aromatic rings. The van der Waals surface area contributed by atoms with E-state index < -0.39 is 6.04 Å². The summed E-state index contributed by atoms with van der Waals surface area (Å²) in [5.74, 6) is -0.666. The van der Waals surface area contributed by atoms with Gasteiger partial charge in [-0.05, 0) is 73.2 Å². The van der Waals surface area contributed by atoms with Crippen LogP contribution in [0.15, 0.2) is 97.1 Å². The van der Waals surface area contributed by atoms with Gasteiger partial charge in [-0.2, -0.15) is 0 Å². The maximum Gasteiger partial charge on any atom is 0.307 e. The summed E-state index contributed by atoms with van der Waals surface area (Å²) in [6, 6.07) is 31.1. The molecular formula is C34H36FNO2. The molecule has 0 aliphatic carbocycles. The largest absolute Gasteiger partial charge is 0.466 e. The van der Waals surface area contributed by atoms with Gasteiger partial charge in [-0.15, -0.1) is 0 Å². The van der Waals surface area contributed by atoms with E-state index in [-0.39, 0.29) is 30.9 Å². The van der Waals surface area contributed by atoms with Gasteiger partial charge in [0.1, 0.15) is 5.82 Å². The first-order valence-electron chi connectivity index (χ1n) is 13.2. The van der Waals surface area contributed by atoms with Crippen molar-refractivity contribution < 1.29 is 13.9 Å². The van der Waals surface area contributed by atoms with Crippen molar-refractivity contribution >= 4 is 5.97 Å². The van der Waals surface area contributed by atoms with Crippen LogP contribution in [0.2, 0.25) is 0 Å². The molecule has 0 aliphatic rings. The Balaban J connectivity index is 1.87. The zero-order chi connectivity index (χ0) is 27.1. The molecule has 0 saturated heterocycles. The molecule has 0 saturated carbocycles. The van der Waals surface area contributed by atoms with E-state index in [2.05, 4.69) is 62.1 Å². The van der Waals surface area contributed by atoms with Gasteiger partial charge in [0.05, 0.1) is 13.0 Å². The molecule has 3 nitrogen and oxygen atoms in total. The Morgan fingerprint density at radius 3 is 2.13 bits per heavy atom. The van der Waals surface area contributed by atoms with Crippen LogP contribution < -0.4 is 0 Å². The average molecular weight is 510 g/mol. The van der Waals surface area contributed by atoms with Crippen LogP contribution in [0, 0.1) is 19.7 Å². The maximum atomic E-state index is 15.8. The SMILES string of the molecule is CCOC(=O)C[C@@H](c1cc(-c2c(C)cccc2C)ccc1F)N(Cc1ccccc1)[C@H](C)c1ccccc1. The molecule has 2 atom stereocenters. The number of rotatable bonds is 10. The molecule has 0 fully saturated rings. The van der Waals surface area contributed by atoms with E-state index in [4.69, 9.17) is 4.74 Å². The standard InChI is InChI=1S/C34H36FNO2/c1-5-38-33(37)22-32(30-21-29(19-20-31(30)35)34-24(2)13-12-14-25(34)3)36(23-27-15-8-6-9-16-27)26(4)28-17-10-7-11-18-28/h6-21,26,32H,5,22-23H2,1-4H3/t26-,32+/m1/s1. The Kier molecular flexibility index (Phi) is 9.09. The summed E-state index contributed by atoms with van der Waals surface area (Å²) in [6.07, 6.45) is 0.0466. The molecule has 0 spiro atoms. The molecule has 4 aromatic carbocycles. The molecule has 0 bridgehead atoms. The summed E-state index contributed by atoms with van der Waals surface area (Å²) < 4.78 is 21.1. The fourth-order valence-corrected chi connectivity index (χ4v) is 5.24. The van der Waals surface area contributed by atoms with Crippen molar-refractivity contribution in [2.75, 3.05) is 6.61 Å². The summed E-state index contributed by atoms with van der Waals surface area (Å²) in [4.78, 5) is 15.2. The number of esters is 1. The average Bonchev–Trinajstić information content (AvgIpc) is 2.92. The third kappa shape index (κ3) is 6.38. The monoisotopic (exact) mass is 509 g/mol. The summed E-state index contributed by atoms with van der Waals surface area (Å²) in [7, 11) is 0. The van der Waals surface area contributed by atoms with Gasteiger partial charge in [-0.3, -0.25) is 9.69 Å². The number of hydrogen-bond acceptors (Lipinski definition) is 3. The number of benzene rings is 4.